The van der Waals surface area contributed by atoms with E-state index in [2.05, 4.69) is 10.3 Å². The monoisotopic (exact) mass is 380 g/mol. The van der Waals surface area contributed by atoms with Crippen LogP contribution in [-0.4, -0.2) is 57.8 Å². The van der Waals surface area contributed by atoms with E-state index in [-0.39, 0.29) is 17.4 Å². The Morgan fingerprint density at radius 1 is 1.38 bits per heavy atom. The van der Waals surface area contributed by atoms with Crippen molar-refractivity contribution in [3.05, 3.63) is 35.0 Å². The average Bonchev–Trinajstić information content (AvgIpc) is 3.15. The summed E-state index contributed by atoms with van der Waals surface area (Å²) >= 11 is 0. The summed E-state index contributed by atoms with van der Waals surface area (Å²) in [6.45, 7) is 1.24. The van der Waals surface area contributed by atoms with Gasteiger partial charge in [-0.1, -0.05) is 5.16 Å². The maximum atomic E-state index is 12.6. The number of aliphatic hydroxyl groups is 1. The number of carbonyl (C=O) groups is 1. The van der Waals surface area contributed by atoms with Gasteiger partial charge in [-0.2, -0.15) is 5.10 Å². The zero-order chi connectivity index (χ0) is 18.5. The Labute approximate surface area is 150 Å². The van der Waals surface area contributed by atoms with E-state index < -0.39 is 15.9 Å². The number of aliphatic hydroxyl groups excluding tert-OH is 1. The van der Waals surface area contributed by atoms with Gasteiger partial charge in [-0.15, -0.1) is 0 Å². The van der Waals surface area contributed by atoms with Crippen LogP contribution in [0.3, 0.4) is 0 Å². The van der Waals surface area contributed by atoms with Crippen LogP contribution in [0.5, 0.6) is 0 Å². The topological polar surface area (TPSA) is 119 Å². The molecule has 0 spiro atoms. The molecule has 2 aromatic heterocycles. The highest BCUT2D eigenvalue weighted by molar-refractivity contribution is 7.90. The molecule has 1 aliphatic carbocycles. The van der Waals surface area contributed by atoms with Gasteiger partial charge in [0.1, 0.15) is 15.9 Å². The molecule has 10 heteroatoms. The molecular formula is C16H20N4O5S. The molecule has 1 fully saturated rings. The van der Waals surface area contributed by atoms with E-state index in [0.29, 0.717) is 31.2 Å². The highest BCUT2D eigenvalue weighted by Gasteiger charge is 2.31. The minimum Gasteiger partial charge on any atom is -0.386 e. The number of rotatable bonds is 5. The molecule has 1 aliphatic heterocycles. The number of nitrogens with zero attached hydrogens (tertiary/aromatic N) is 4. The van der Waals surface area contributed by atoms with Gasteiger partial charge in [0.2, 0.25) is 5.76 Å². The third-order valence-electron chi connectivity index (χ3n) is 4.64. The molecule has 0 radical (unpaired) electrons. The van der Waals surface area contributed by atoms with Gasteiger partial charge in [0.05, 0.1) is 35.9 Å². The van der Waals surface area contributed by atoms with Crippen LogP contribution in [0, 0.1) is 0 Å². The Morgan fingerprint density at radius 3 is 2.85 bits per heavy atom. The van der Waals surface area contributed by atoms with Gasteiger partial charge in [0.25, 0.3) is 5.91 Å². The summed E-state index contributed by atoms with van der Waals surface area (Å²) in [5.41, 5.74) is 1.88. The van der Waals surface area contributed by atoms with Gasteiger partial charge in [0, 0.05) is 24.8 Å². The summed E-state index contributed by atoms with van der Waals surface area (Å²) in [5, 5.41) is 18.3. The van der Waals surface area contributed by atoms with Crippen molar-refractivity contribution in [2.75, 3.05) is 18.6 Å². The molecule has 1 N–H and O–H groups in total. The molecular weight excluding hydrogens is 360 g/mol. The SMILES string of the molecule is CS(=O)(=O)CC(O)c1cc2n(n1)CCN(C(=O)c1cc(C3CC3)no1)C2. The Hall–Kier alpha value is -2.20. The van der Waals surface area contributed by atoms with Gasteiger partial charge >= 0.3 is 0 Å². The van der Waals surface area contributed by atoms with E-state index in [0.717, 1.165) is 30.5 Å². The number of carbonyl (C=O) groups excluding carboxylic acids is 1. The van der Waals surface area contributed by atoms with Gasteiger partial charge < -0.3 is 14.5 Å². The number of hydrogen-bond donors (Lipinski definition) is 1. The third kappa shape index (κ3) is 3.51. The Morgan fingerprint density at radius 2 is 2.15 bits per heavy atom. The fourth-order valence-corrected chi connectivity index (χ4v) is 3.86. The molecule has 0 bridgehead atoms. The van der Waals surface area contributed by atoms with Crippen molar-refractivity contribution in [1.82, 2.24) is 19.8 Å². The zero-order valence-electron chi connectivity index (χ0n) is 14.3. The minimum absolute atomic E-state index is 0.227. The first kappa shape index (κ1) is 17.2. The van der Waals surface area contributed by atoms with Crippen LogP contribution in [0.2, 0.25) is 0 Å². The molecule has 1 atom stereocenters. The first-order valence-corrected chi connectivity index (χ1v) is 10.5. The zero-order valence-corrected chi connectivity index (χ0v) is 15.1. The molecule has 1 amide bonds. The molecule has 140 valence electrons. The molecule has 0 aromatic carbocycles. The molecule has 1 unspecified atom stereocenters. The molecule has 26 heavy (non-hydrogen) atoms. The van der Waals surface area contributed by atoms with Crippen LogP contribution in [-0.2, 0) is 22.9 Å². The first-order chi connectivity index (χ1) is 12.3. The van der Waals surface area contributed by atoms with Crippen LogP contribution < -0.4 is 0 Å². The molecule has 2 aromatic rings. The number of aromatic nitrogens is 3. The van der Waals surface area contributed by atoms with Crippen LogP contribution >= 0.6 is 0 Å². The van der Waals surface area contributed by atoms with E-state index in [9.17, 15) is 18.3 Å². The van der Waals surface area contributed by atoms with Crippen LogP contribution in [0.25, 0.3) is 0 Å². The Kier molecular flexibility index (Phi) is 4.11. The van der Waals surface area contributed by atoms with E-state index in [1.54, 1.807) is 21.7 Å². The lowest BCUT2D eigenvalue weighted by molar-refractivity contribution is 0.0663. The summed E-state index contributed by atoms with van der Waals surface area (Å²) < 4.78 is 29.6. The minimum atomic E-state index is -3.32. The van der Waals surface area contributed by atoms with Gasteiger partial charge in [-0.25, -0.2) is 8.42 Å². The number of hydrogen-bond acceptors (Lipinski definition) is 7. The van der Waals surface area contributed by atoms with Crippen molar-refractivity contribution >= 4 is 15.7 Å². The van der Waals surface area contributed by atoms with E-state index >= 15 is 0 Å². The second-order valence-electron chi connectivity index (χ2n) is 7.01. The quantitative estimate of drug-likeness (QED) is 0.801. The highest BCUT2D eigenvalue weighted by Crippen LogP contribution is 2.39. The Bertz CT molecular complexity index is 944. The molecule has 3 heterocycles. The van der Waals surface area contributed by atoms with Crippen molar-refractivity contribution in [2.45, 2.75) is 38.0 Å². The maximum absolute atomic E-state index is 12.6. The second kappa shape index (κ2) is 6.20. The van der Waals surface area contributed by atoms with Crippen LogP contribution in [0.4, 0.5) is 0 Å². The van der Waals surface area contributed by atoms with Crippen molar-refractivity contribution in [1.29, 1.82) is 0 Å². The lowest BCUT2D eigenvalue weighted by Gasteiger charge is -2.26. The predicted molar refractivity (Wildman–Crippen MR) is 90.1 cm³/mol. The number of amides is 1. The average molecular weight is 380 g/mol. The molecule has 9 nitrogen and oxygen atoms in total. The predicted octanol–water partition coefficient (Wildman–Crippen LogP) is 0.482. The smallest absolute Gasteiger partial charge is 0.292 e. The summed E-state index contributed by atoms with van der Waals surface area (Å²) in [4.78, 5) is 14.3. The molecule has 4 rings (SSSR count). The fourth-order valence-electron chi connectivity index (χ4n) is 3.11. The molecule has 1 saturated carbocycles. The summed E-state index contributed by atoms with van der Waals surface area (Å²) in [6.07, 6.45) is 2.06. The van der Waals surface area contributed by atoms with E-state index in [1.807, 2.05) is 0 Å². The standard InChI is InChI=1S/C16H20N4O5S/c1-26(23,24)9-14(21)13-6-11-8-19(4-5-20(11)17-13)16(22)15-7-12(18-25-15)10-2-3-10/h6-7,10,14,21H,2-5,8-9H2,1H3. The fraction of sp³-hybridized carbons (Fsp3) is 0.562. The first-order valence-electron chi connectivity index (χ1n) is 8.48. The summed E-state index contributed by atoms with van der Waals surface area (Å²) in [5.74, 6) is 0.0444. The number of sulfone groups is 1. The highest BCUT2D eigenvalue weighted by atomic mass is 32.2. The van der Waals surface area contributed by atoms with Crippen LogP contribution in [0.15, 0.2) is 16.7 Å². The van der Waals surface area contributed by atoms with Gasteiger partial charge in [0.15, 0.2) is 0 Å². The van der Waals surface area contributed by atoms with E-state index in [1.165, 1.54) is 0 Å². The lowest BCUT2D eigenvalue weighted by atomic mass is 10.2. The van der Waals surface area contributed by atoms with Crippen LogP contribution in [0.1, 0.15) is 52.5 Å². The van der Waals surface area contributed by atoms with Crippen molar-refractivity contribution in [2.24, 2.45) is 0 Å². The van der Waals surface area contributed by atoms with Crippen molar-refractivity contribution in [3.8, 4) is 0 Å². The van der Waals surface area contributed by atoms with Crippen molar-refractivity contribution < 1.29 is 22.8 Å². The third-order valence-corrected chi connectivity index (χ3v) is 5.56. The Balaban J connectivity index is 1.47. The van der Waals surface area contributed by atoms with Gasteiger partial charge in [-0.05, 0) is 18.9 Å². The lowest BCUT2D eigenvalue weighted by Crippen LogP contribution is -2.38. The maximum Gasteiger partial charge on any atom is 0.292 e. The number of fused-ring (bicyclic) bond motifs is 1. The van der Waals surface area contributed by atoms with E-state index in [4.69, 9.17) is 4.52 Å². The summed E-state index contributed by atoms with van der Waals surface area (Å²) in [7, 11) is -3.32. The molecule has 0 saturated heterocycles. The second-order valence-corrected chi connectivity index (χ2v) is 9.19. The summed E-state index contributed by atoms with van der Waals surface area (Å²) in [6, 6.07) is 3.36. The van der Waals surface area contributed by atoms with Gasteiger partial charge in [-0.3, -0.25) is 9.48 Å². The van der Waals surface area contributed by atoms with Crippen molar-refractivity contribution in [3.63, 3.8) is 0 Å². The normalized spacial score (nSPS) is 18.6. The largest absolute Gasteiger partial charge is 0.386 e. The molecule has 2 aliphatic rings.